The summed E-state index contributed by atoms with van der Waals surface area (Å²) in [4.78, 5) is 21.9. The lowest BCUT2D eigenvalue weighted by molar-refractivity contribution is 0.0948. The van der Waals surface area contributed by atoms with E-state index < -0.39 is 0 Å². The zero-order valence-electron chi connectivity index (χ0n) is 16.9. The van der Waals surface area contributed by atoms with Crippen molar-refractivity contribution in [2.45, 2.75) is 13.5 Å². The first-order chi connectivity index (χ1) is 15.2. The summed E-state index contributed by atoms with van der Waals surface area (Å²) in [7, 11) is 0. The van der Waals surface area contributed by atoms with Crippen LogP contribution in [0.4, 0.5) is 0 Å². The van der Waals surface area contributed by atoms with E-state index in [2.05, 4.69) is 15.4 Å². The predicted molar refractivity (Wildman–Crippen MR) is 118 cm³/mol. The number of amides is 1. The molecule has 0 unspecified atom stereocenters. The van der Waals surface area contributed by atoms with Crippen LogP contribution >= 0.6 is 0 Å². The first kappa shape index (κ1) is 18.7. The Morgan fingerprint density at radius 2 is 1.81 bits per heavy atom. The number of aryl methyl sites for hydroxylation is 1. The average molecular weight is 408 g/mol. The van der Waals surface area contributed by atoms with Gasteiger partial charge in [0.15, 0.2) is 11.5 Å². The van der Waals surface area contributed by atoms with Crippen LogP contribution in [0, 0.1) is 6.92 Å². The normalized spacial score (nSPS) is 11.0. The fraction of sp³-hybridized carbons (Fsp3) is 0.0833. The second kappa shape index (κ2) is 7.87. The number of hydrogen-bond acceptors (Lipinski definition) is 4. The highest BCUT2D eigenvalue weighted by Gasteiger charge is 2.21. The zero-order chi connectivity index (χ0) is 21.2. The van der Waals surface area contributed by atoms with Crippen molar-refractivity contribution in [2.75, 3.05) is 0 Å². The van der Waals surface area contributed by atoms with Gasteiger partial charge in [0, 0.05) is 18.9 Å². The monoisotopic (exact) mass is 408 g/mol. The standard InChI is InChI=1S/C24H20N6O/c1-17-7-9-19(10-8-17)30-20(11-12-27-30)23-28-22(21-16-25-13-14-29(21)23)24(31)26-15-18-5-3-2-4-6-18/h2-14,16H,15H2,1H3,(H,26,31). The van der Waals surface area contributed by atoms with Crippen molar-refractivity contribution < 1.29 is 4.79 Å². The minimum atomic E-state index is -0.248. The number of hydrogen-bond donors (Lipinski definition) is 1. The molecular formula is C24H20N6O. The lowest BCUT2D eigenvalue weighted by Gasteiger charge is -2.07. The lowest BCUT2D eigenvalue weighted by Crippen LogP contribution is -2.23. The molecule has 152 valence electrons. The largest absolute Gasteiger partial charge is 0.347 e. The van der Waals surface area contributed by atoms with Crippen LogP contribution in [0.1, 0.15) is 21.6 Å². The van der Waals surface area contributed by atoms with Gasteiger partial charge >= 0.3 is 0 Å². The molecule has 5 aromatic rings. The van der Waals surface area contributed by atoms with E-state index in [1.807, 2.05) is 76.7 Å². The number of nitrogens with zero attached hydrogens (tertiary/aromatic N) is 5. The number of imidazole rings is 1. The van der Waals surface area contributed by atoms with Gasteiger partial charge in [-0.05, 0) is 30.7 Å². The summed E-state index contributed by atoms with van der Waals surface area (Å²) >= 11 is 0. The highest BCUT2D eigenvalue weighted by molar-refractivity contribution is 5.99. The Morgan fingerprint density at radius 3 is 2.61 bits per heavy atom. The molecule has 0 fully saturated rings. The van der Waals surface area contributed by atoms with Crippen LogP contribution in [0.2, 0.25) is 0 Å². The topological polar surface area (TPSA) is 77.1 Å². The van der Waals surface area contributed by atoms with Crippen LogP contribution in [-0.2, 0) is 6.54 Å². The summed E-state index contributed by atoms with van der Waals surface area (Å²) in [6.45, 7) is 2.47. The van der Waals surface area contributed by atoms with Gasteiger partial charge in [0.2, 0.25) is 0 Å². The molecule has 7 nitrogen and oxygen atoms in total. The minimum absolute atomic E-state index is 0.248. The summed E-state index contributed by atoms with van der Waals surface area (Å²) in [6, 6.07) is 19.8. The highest BCUT2D eigenvalue weighted by Crippen LogP contribution is 2.25. The van der Waals surface area contributed by atoms with E-state index in [1.165, 1.54) is 5.56 Å². The number of aromatic nitrogens is 5. The van der Waals surface area contributed by atoms with E-state index in [9.17, 15) is 4.79 Å². The molecule has 0 aliphatic carbocycles. The van der Waals surface area contributed by atoms with Crippen LogP contribution in [0.3, 0.4) is 0 Å². The third-order valence-corrected chi connectivity index (χ3v) is 5.11. The number of nitrogens with one attached hydrogen (secondary N) is 1. The summed E-state index contributed by atoms with van der Waals surface area (Å²) in [5.41, 5.74) is 4.87. The van der Waals surface area contributed by atoms with Gasteiger partial charge in [-0.25, -0.2) is 9.67 Å². The van der Waals surface area contributed by atoms with Crippen LogP contribution < -0.4 is 5.32 Å². The Labute approximate surface area is 179 Å². The van der Waals surface area contributed by atoms with E-state index in [0.29, 0.717) is 23.6 Å². The van der Waals surface area contributed by atoms with Gasteiger partial charge < -0.3 is 5.32 Å². The number of carbonyl (C=O) groups is 1. The maximum Gasteiger partial charge on any atom is 0.272 e. The number of fused-ring (bicyclic) bond motifs is 1. The number of rotatable bonds is 5. The second-order valence-corrected chi connectivity index (χ2v) is 7.25. The summed E-state index contributed by atoms with van der Waals surface area (Å²) in [5.74, 6) is 0.377. The molecule has 2 aromatic carbocycles. The average Bonchev–Trinajstić information content (AvgIpc) is 3.44. The third-order valence-electron chi connectivity index (χ3n) is 5.11. The van der Waals surface area contributed by atoms with E-state index in [0.717, 1.165) is 16.9 Å². The predicted octanol–water partition coefficient (Wildman–Crippen LogP) is 3.82. The molecule has 1 N–H and O–H groups in total. The molecule has 0 aliphatic rings. The Bertz CT molecular complexity index is 1350. The molecule has 0 radical (unpaired) electrons. The summed E-state index contributed by atoms with van der Waals surface area (Å²) in [6.07, 6.45) is 6.86. The van der Waals surface area contributed by atoms with Crippen molar-refractivity contribution in [2.24, 2.45) is 0 Å². The van der Waals surface area contributed by atoms with Crippen LogP contribution in [0.15, 0.2) is 85.5 Å². The van der Waals surface area contributed by atoms with Crippen molar-refractivity contribution in [1.82, 2.24) is 29.5 Å². The molecule has 0 aliphatic heterocycles. The Morgan fingerprint density at radius 1 is 1.00 bits per heavy atom. The van der Waals surface area contributed by atoms with Crippen molar-refractivity contribution in [3.8, 4) is 17.2 Å². The molecule has 1 amide bonds. The second-order valence-electron chi connectivity index (χ2n) is 7.25. The van der Waals surface area contributed by atoms with Gasteiger partial charge in [-0.2, -0.15) is 5.10 Å². The van der Waals surface area contributed by atoms with Gasteiger partial charge in [-0.3, -0.25) is 14.2 Å². The van der Waals surface area contributed by atoms with Crippen molar-refractivity contribution in [3.05, 3.63) is 102 Å². The molecular weight excluding hydrogens is 388 g/mol. The molecule has 5 rings (SSSR count). The molecule has 3 heterocycles. The van der Waals surface area contributed by atoms with E-state index in [4.69, 9.17) is 4.98 Å². The zero-order valence-corrected chi connectivity index (χ0v) is 16.9. The molecule has 0 saturated carbocycles. The van der Waals surface area contributed by atoms with Gasteiger partial charge in [0.25, 0.3) is 5.91 Å². The Kier molecular flexibility index (Phi) is 4.76. The van der Waals surface area contributed by atoms with Crippen LogP contribution in [-0.4, -0.2) is 30.1 Å². The molecule has 0 atom stereocenters. The smallest absolute Gasteiger partial charge is 0.272 e. The SMILES string of the molecule is Cc1ccc(-n2nccc2-c2nc(C(=O)NCc3ccccc3)c3cnccn23)cc1. The number of carbonyl (C=O) groups excluding carboxylic acids is 1. The fourth-order valence-electron chi connectivity index (χ4n) is 3.51. The van der Waals surface area contributed by atoms with Gasteiger partial charge in [-0.1, -0.05) is 48.0 Å². The van der Waals surface area contributed by atoms with E-state index >= 15 is 0 Å². The van der Waals surface area contributed by atoms with E-state index in [1.54, 1.807) is 24.8 Å². The van der Waals surface area contributed by atoms with Gasteiger partial charge in [0.05, 0.1) is 23.6 Å². The summed E-state index contributed by atoms with van der Waals surface area (Å²) < 4.78 is 3.69. The molecule has 3 aromatic heterocycles. The third kappa shape index (κ3) is 3.57. The van der Waals surface area contributed by atoms with Crippen molar-refractivity contribution in [1.29, 1.82) is 0 Å². The molecule has 7 heteroatoms. The van der Waals surface area contributed by atoms with E-state index in [-0.39, 0.29) is 5.91 Å². The quantitative estimate of drug-likeness (QED) is 0.480. The minimum Gasteiger partial charge on any atom is -0.347 e. The van der Waals surface area contributed by atoms with Crippen LogP contribution in [0.25, 0.3) is 22.7 Å². The first-order valence-corrected chi connectivity index (χ1v) is 9.96. The molecule has 0 saturated heterocycles. The van der Waals surface area contributed by atoms with Gasteiger partial charge in [-0.15, -0.1) is 0 Å². The first-order valence-electron chi connectivity index (χ1n) is 9.96. The lowest BCUT2D eigenvalue weighted by atomic mass is 10.2. The fourth-order valence-corrected chi connectivity index (χ4v) is 3.51. The molecule has 31 heavy (non-hydrogen) atoms. The van der Waals surface area contributed by atoms with Gasteiger partial charge in [0.1, 0.15) is 5.69 Å². The maximum atomic E-state index is 13.0. The van der Waals surface area contributed by atoms with Crippen LogP contribution in [0.5, 0.6) is 0 Å². The summed E-state index contributed by atoms with van der Waals surface area (Å²) in [5, 5.41) is 7.43. The Hall–Kier alpha value is -4.26. The Balaban J connectivity index is 1.54. The number of benzene rings is 2. The molecule has 0 spiro atoms. The highest BCUT2D eigenvalue weighted by atomic mass is 16.1. The van der Waals surface area contributed by atoms with Crippen molar-refractivity contribution in [3.63, 3.8) is 0 Å². The maximum absolute atomic E-state index is 13.0. The molecule has 0 bridgehead atoms. The van der Waals surface area contributed by atoms with Crippen molar-refractivity contribution >= 4 is 11.4 Å².